The van der Waals surface area contributed by atoms with Crippen LogP contribution >= 0.6 is 11.3 Å². The second kappa shape index (κ2) is 5.40. The highest BCUT2D eigenvalue weighted by atomic mass is 32.2. The molecule has 2 rings (SSSR count). The van der Waals surface area contributed by atoms with Crippen molar-refractivity contribution in [2.75, 3.05) is 7.05 Å². The van der Waals surface area contributed by atoms with Crippen LogP contribution in [0.1, 0.15) is 10.4 Å². The van der Waals surface area contributed by atoms with Gasteiger partial charge in [-0.05, 0) is 36.1 Å². The first kappa shape index (κ1) is 14.2. The van der Waals surface area contributed by atoms with Gasteiger partial charge in [-0.3, -0.25) is 0 Å². The number of sulfonamides is 1. The Hall–Kier alpha value is -1.24. The van der Waals surface area contributed by atoms with E-state index in [-0.39, 0.29) is 11.4 Å². The van der Waals surface area contributed by atoms with Gasteiger partial charge in [0.05, 0.1) is 0 Å². The number of thiophene rings is 1. The molecular formula is C13H14FNO2S2. The van der Waals surface area contributed by atoms with Crippen LogP contribution < -0.4 is 0 Å². The van der Waals surface area contributed by atoms with Crippen molar-refractivity contribution in [2.24, 2.45) is 0 Å². The lowest BCUT2D eigenvalue weighted by atomic mass is 10.3. The van der Waals surface area contributed by atoms with Crippen LogP contribution in [0.2, 0.25) is 0 Å². The molecule has 19 heavy (non-hydrogen) atoms. The predicted molar refractivity (Wildman–Crippen MR) is 74.1 cm³/mol. The molecular weight excluding hydrogens is 285 g/mol. The van der Waals surface area contributed by atoms with Gasteiger partial charge < -0.3 is 0 Å². The second-order valence-corrected chi connectivity index (χ2v) is 7.23. The van der Waals surface area contributed by atoms with Crippen LogP contribution in [0, 0.1) is 12.7 Å². The van der Waals surface area contributed by atoms with Crippen molar-refractivity contribution in [1.29, 1.82) is 0 Å². The maximum absolute atomic E-state index is 13.6. The minimum absolute atomic E-state index is 0.250. The van der Waals surface area contributed by atoms with Crippen LogP contribution in [-0.4, -0.2) is 19.8 Å². The molecule has 0 saturated heterocycles. The fourth-order valence-electron chi connectivity index (χ4n) is 1.68. The summed E-state index contributed by atoms with van der Waals surface area (Å²) in [6.45, 7) is 2.18. The molecule has 1 aromatic carbocycles. The Labute approximate surface area is 116 Å². The number of halogens is 1. The fraction of sp³-hybridized carbons (Fsp3) is 0.231. The molecule has 0 saturated carbocycles. The average Bonchev–Trinajstić information content (AvgIpc) is 2.75. The summed E-state index contributed by atoms with van der Waals surface area (Å²) in [5.74, 6) is -0.725. The molecule has 0 atom stereocenters. The van der Waals surface area contributed by atoms with Crippen molar-refractivity contribution in [3.05, 3.63) is 52.0 Å². The van der Waals surface area contributed by atoms with Gasteiger partial charge in [-0.2, -0.15) is 4.31 Å². The van der Waals surface area contributed by atoms with Gasteiger partial charge >= 0.3 is 0 Å². The number of benzene rings is 1. The number of aryl methyl sites for hydroxylation is 1. The van der Waals surface area contributed by atoms with E-state index >= 15 is 0 Å². The van der Waals surface area contributed by atoms with Crippen LogP contribution in [0.5, 0.6) is 0 Å². The van der Waals surface area contributed by atoms with Gasteiger partial charge in [0.2, 0.25) is 10.0 Å². The number of rotatable bonds is 4. The maximum atomic E-state index is 13.6. The van der Waals surface area contributed by atoms with E-state index in [4.69, 9.17) is 0 Å². The van der Waals surface area contributed by atoms with Crippen molar-refractivity contribution in [1.82, 2.24) is 4.31 Å². The number of nitrogens with zero attached hydrogens (tertiary/aromatic N) is 1. The molecule has 0 amide bonds. The first-order valence-electron chi connectivity index (χ1n) is 5.67. The topological polar surface area (TPSA) is 37.4 Å². The van der Waals surface area contributed by atoms with Crippen LogP contribution in [-0.2, 0) is 16.6 Å². The predicted octanol–water partition coefficient (Wildman–Crippen LogP) is 3.02. The zero-order valence-corrected chi connectivity index (χ0v) is 12.3. The van der Waals surface area contributed by atoms with Crippen LogP contribution in [0.15, 0.2) is 40.6 Å². The Balaban J connectivity index is 2.30. The van der Waals surface area contributed by atoms with E-state index in [1.807, 2.05) is 18.4 Å². The first-order chi connectivity index (χ1) is 8.93. The SMILES string of the molecule is Cc1ccsc1CN(C)S(=O)(=O)c1ccccc1F. The highest BCUT2D eigenvalue weighted by Gasteiger charge is 2.24. The third-order valence-corrected chi connectivity index (χ3v) is 5.70. The lowest BCUT2D eigenvalue weighted by Crippen LogP contribution is -2.27. The molecule has 0 fully saturated rings. The van der Waals surface area contributed by atoms with Gasteiger partial charge in [0.25, 0.3) is 0 Å². The standard InChI is InChI=1S/C13H14FNO2S2/c1-10-7-8-18-12(10)9-15(2)19(16,17)13-6-4-3-5-11(13)14/h3-8H,9H2,1-2H3. The van der Waals surface area contributed by atoms with E-state index in [0.717, 1.165) is 16.5 Å². The lowest BCUT2D eigenvalue weighted by Gasteiger charge is -2.17. The van der Waals surface area contributed by atoms with Gasteiger partial charge in [-0.25, -0.2) is 12.8 Å². The molecule has 102 valence electrons. The van der Waals surface area contributed by atoms with Gasteiger partial charge in [-0.15, -0.1) is 11.3 Å². The van der Waals surface area contributed by atoms with Crippen LogP contribution in [0.4, 0.5) is 4.39 Å². The zero-order valence-electron chi connectivity index (χ0n) is 10.6. The molecule has 3 nitrogen and oxygen atoms in total. The molecule has 6 heteroatoms. The number of hydrogen-bond donors (Lipinski definition) is 0. The molecule has 0 radical (unpaired) electrons. The Morgan fingerprint density at radius 3 is 2.53 bits per heavy atom. The lowest BCUT2D eigenvalue weighted by molar-refractivity contribution is 0.462. The monoisotopic (exact) mass is 299 g/mol. The van der Waals surface area contributed by atoms with E-state index in [1.54, 1.807) is 0 Å². The summed E-state index contributed by atoms with van der Waals surface area (Å²) in [4.78, 5) is 0.675. The minimum atomic E-state index is -3.80. The fourth-order valence-corrected chi connectivity index (χ4v) is 3.92. The molecule has 0 unspecified atom stereocenters. The van der Waals surface area contributed by atoms with E-state index < -0.39 is 15.8 Å². The van der Waals surface area contributed by atoms with E-state index in [2.05, 4.69) is 0 Å². The summed E-state index contributed by atoms with van der Waals surface area (Å²) in [5, 5.41) is 1.91. The summed E-state index contributed by atoms with van der Waals surface area (Å²) in [6.07, 6.45) is 0. The summed E-state index contributed by atoms with van der Waals surface area (Å²) in [5.41, 5.74) is 1.04. The van der Waals surface area contributed by atoms with Crippen molar-refractivity contribution in [3.63, 3.8) is 0 Å². The van der Waals surface area contributed by atoms with E-state index in [9.17, 15) is 12.8 Å². The van der Waals surface area contributed by atoms with Crippen molar-refractivity contribution in [3.8, 4) is 0 Å². The molecule has 0 aliphatic carbocycles. The molecule has 0 aliphatic heterocycles. The Morgan fingerprint density at radius 2 is 1.95 bits per heavy atom. The largest absolute Gasteiger partial charge is 0.246 e. The Kier molecular flexibility index (Phi) is 4.03. The molecule has 0 aliphatic rings. The first-order valence-corrected chi connectivity index (χ1v) is 7.98. The second-order valence-electron chi connectivity index (χ2n) is 4.22. The normalized spacial score (nSPS) is 12.0. The van der Waals surface area contributed by atoms with Crippen molar-refractivity contribution < 1.29 is 12.8 Å². The zero-order chi connectivity index (χ0) is 14.0. The minimum Gasteiger partial charge on any atom is -0.207 e. The molecule has 1 aromatic heterocycles. The molecule has 0 bridgehead atoms. The smallest absolute Gasteiger partial charge is 0.207 e. The third-order valence-electron chi connectivity index (χ3n) is 2.86. The van der Waals surface area contributed by atoms with Crippen molar-refractivity contribution >= 4 is 21.4 Å². The molecule has 0 spiro atoms. The van der Waals surface area contributed by atoms with Crippen molar-refractivity contribution in [2.45, 2.75) is 18.4 Å². The highest BCUT2D eigenvalue weighted by Crippen LogP contribution is 2.23. The van der Waals surface area contributed by atoms with E-state index in [0.29, 0.717) is 0 Å². The van der Waals surface area contributed by atoms with Gasteiger partial charge in [-0.1, -0.05) is 12.1 Å². The number of hydrogen-bond acceptors (Lipinski definition) is 3. The van der Waals surface area contributed by atoms with Gasteiger partial charge in [0, 0.05) is 18.5 Å². The Bertz CT molecular complexity index is 679. The highest BCUT2D eigenvalue weighted by molar-refractivity contribution is 7.89. The van der Waals surface area contributed by atoms with E-state index in [1.165, 1.54) is 40.9 Å². The van der Waals surface area contributed by atoms with Gasteiger partial charge in [0.1, 0.15) is 10.7 Å². The summed E-state index contributed by atoms with van der Waals surface area (Å²) < 4.78 is 39.3. The quantitative estimate of drug-likeness (QED) is 0.870. The average molecular weight is 299 g/mol. The summed E-state index contributed by atoms with van der Waals surface area (Å²) in [7, 11) is -2.34. The maximum Gasteiger partial charge on any atom is 0.246 e. The summed E-state index contributed by atoms with van der Waals surface area (Å²) in [6, 6.07) is 7.35. The van der Waals surface area contributed by atoms with Gasteiger partial charge in [0.15, 0.2) is 0 Å². The molecule has 1 heterocycles. The van der Waals surface area contributed by atoms with Crippen LogP contribution in [0.3, 0.4) is 0 Å². The van der Waals surface area contributed by atoms with Crippen LogP contribution in [0.25, 0.3) is 0 Å². The third kappa shape index (κ3) is 2.86. The molecule has 2 aromatic rings. The molecule has 0 N–H and O–H groups in total. The summed E-state index contributed by atoms with van der Waals surface area (Å²) >= 11 is 1.49. The Morgan fingerprint density at radius 1 is 1.26 bits per heavy atom.